The monoisotopic (exact) mass is 478 g/mol. The Morgan fingerprint density at radius 2 is 1.85 bits per heavy atom. The summed E-state index contributed by atoms with van der Waals surface area (Å²) >= 11 is 1.46. The number of esters is 1. The minimum absolute atomic E-state index is 0.259. The van der Waals surface area contributed by atoms with E-state index in [0.717, 1.165) is 55.1 Å². The van der Waals surface area contributed by atoms with E-state index in [1.165, 1.54) is 24.0 Å². The second-order valence-electron chi connectivity index (χ2n) is 8.33. The predicted molar refractivity (Wildman–Crippen MR) is 135 cm³/mol. The van der Waals surface area contributed by atoms with Gasteiger partial charge in [0.25, 0.3) is 5.91 Å². The number of hydrogen-bond donors (Lipinski definition) is 1. The molecule has 34 heavy (non-hydrogen) atoms. The molecule has 0 saturated carbocycles. The van der Waals surface area contributed by atoms with Crippen LogP contribution in [0.15, 0.2) is 54.6 Å². The summed E-state index contributed by atoms with van der Waals surface area (Å²) in [4.78, 5) is 29.0. The van der Waals surface area contributed by atoms with E-state index in [9.17, 15) is 9.59 Å². The van der Waals surface area contributed by atoms with Crippen molar-refractivity contribution in [3.63, 3.8) is 0 Å². The summed E-state index contributed by atoms with van der Waals surface area (Å²) in [6.07, 6.45) is 2.80. The van der Waals surface area contributed by atoms with Gasteiger partial charge in [-0.3, -0.25) is 9.69 Å². The molecule has 1 N–H and O–H groups in total. The first-order valence-electron chi connectivity index (χ1n) is 11.6. The molecule has 1 aliphatic rings. The lowest BCUT2D eigenvalue weighted by Gasteiger charge is -2.27. The predicted octanol–water partition coefficient (Wildman–Crippen LogP) is 5.52. The van der Waals surface area contributed by atoms with E-state index < -0.39 is 5.97 Å². The van der Waals surface area contributed by atoms with Gasteiger partial charge in [0.2, 0.25) is 0 Å². The first-order chi connectivity index (χ1) is 16.6. The number of benzene rings is 2. The van der Waals surface area contributed by atoms with Gasteiger partial charge in [0.1, 0.15) is 10.8 Å². The molecule has 4 rings (SSSR count). The highest BCUT2D eigenvalue weighted by Crippen LogP contribution is 2.38. The molecule has 0 aliphatic carbocycles. The largest absolute Gasteiger partial charge is 0.494 e. The van der Waals surface area contributed by atoms with Crippen LogP contribution in [0.1, 0.15) is 56.5 Å². The van der Waals surface area contributed by atoms with Crippen molar-refractivity contribution in [2.45, 2.75) is 39.3 Å². The summed E-state index contributed by atoms with van der Waals surface area (Å²) < 4.78 is 10.7. The Hall–Kier alpha value is -3.16. The zero-order valence-corrected chi connectivity index (χ0v) is 20.5. The van der Waals surface area contributed by atoms with Crippen LogP contribution in [0, 0.1) is 0 Å². The third kappa shape index (κ3) is 5.66. The fourth-order valence-corrected chi connectivity index (χ4v) is 5.32. The van der Waals surface area contributed by atoms with Gasteiger partial charge in [0.15, 0.2) is 0 Å². The molecule has 0 atom stereocenters. The summed E-state index contributed by atoms with van der Waals surface area (Å²) in [6.45, 7) is 5.20. The van der Waals surface area contributed by atoms with E-state index in [1.54, 1.807) is 24.3 Å². The van der Waals surface area contributed by atoms with E-state index in [2.05, 4.69) is 29.3 Å². The molecule has 0 unspecified atom stereocenters. The number of unbranched alkanes of at least 4 members (excludes halogenated alkanes) is 1. The highest BCUT2D eigenvalue weighted by atomic mass is 32.1. The Kier molecular flexibility index (Phi) is 7.98. The maximum Gasteiger partial charge on any atom is 0.341 e. The third-order valence-corrected chi connectivity index (χ3v) is 7.02. The van der Waals surface area contributed by atoms with Gasteiger partial charge >= 0.3 is 5.97 Å². The summed E-state index contributed by atoms with van der Waals surface area (Å²) in [5, 5.41) is 3.50. The molecule has 0 spiro atoms. The molecule has 0 fully saturated rings. The Balaban J connectivity index is 1.49. The Morgan fingerprint density at radius 3 is 2.56 bits per heavy atom. The van der Waals surface area contributed by atoms with Crippen LogP contribution < -0.4 is 10.1 Å². The lowest BCUT2D eigenvalue weighted by atomic mass is 10.0. The van der Waals surface area contributed by atoms with Crippen molar-refractivity contribution in [3.8, 4) is 5.75 Å². The average Bonchev–Trinajstić information content (AvgIpc) is 3.21. The van der Waals surface area contributed by atoms with Gasteiger partial charge in [-0.05, 0) is 48.2 Å². The molecular formula is C27H30N2O4S. The maximum atomic E-state index is 13.0. The molecule has 1 amide bonds. The van der Waals surface area contributed by atoms with Gasteiger partial charge in [0.05, 0.1) is 19.3 Å². The topological polar surface area (TPSA) is 67.9 Å². The normalized spacial score (nSPS) is 13.2. The van der Waals surface area contributed by atoms with Crippen LogP contribution in [0.4, 0.5) is 5.00 Å². The van der Waals surface area contributed by atoms with Gasteiger partial charge in [-0.1, -0.05) is 43.7 Å². The molecule has 0 radical (unpaired) electrons. The fraction of sp³-hybridized carbons (Fsp3) is 0.333. The van der Waals surface area contributed by atoms with Crippen LogP contribution in [-0.4, -0.2) is 37.0 Å². The zero-order valence-electron chi connectivity index (χ0n) is 19.6. The number of carbonyl (C=O) groups is 2. The van der Waals surface area contributed by atoms with E-state index in [-0.39, 0.29) is 5.91 Å². The molecule has 1 aromatic heterocycles. The van der Waals surface area contributed by atoms with Crippen LogP contribution in [0.2, 0.25) is 0 Å². The number of hydrogen-bond acceptors (Lipinski definition) is 6. The highest BCUT2D eigenvalue weighted by Gasteiger charge is 2.29. The smallest absolute Gasteiger partial charge is 0.341 e. The minimum atomic E-state index is -0.413. The maximum absolute atomic E-state index is 13.0. The van der Waals surface area contributed by atoms with E-state index in [1.807, 2.05) is 18.2 Å². The second kappa shape index (κ2) is 11.3. The van der Waals surface area contributed by atoms with Gasteiger partial charge in [-0.15, -0.1) is 11.3 Å². The molecule has 2 heterocycles. The van der Waals surface area contributed by atoms with Gasteiger partial charge < -0.3 is 14.8 Å². The second-order valence-corrected chi connectivity index (χ2v) is 9.43. The number of nitrogens with zero attached hydrogens (tertiary/aromatic N) is 1. The van der Waals surface area contributed by atoms with Crippen molar-refractivity contribution >= 4 is 28.2 Å². The number of ether oxygens (including phenoxy) is 2. The van der Waals surface area contributed by atoms with Crippen LogP contribution in [-0.2, 0) is 24.2 Å². The van der Waals surface area contributed by atoms with E-state index in [0.29, 0.717) is 22.7 Å². The van der Waals surface area contributed by atoms with Crippen molar-refractivity contribution in [2.75, 3.05) is 25.6 Å². The Bertz CT molecular complexity index is 1130. The van der Waals surface area contributed by atoms with Crippen molar-refractivity contribution in [1.29, 1.82) is 0 Å². The van der Waals surface area contributed by atoms with Gasteiger partial charge in [-0.2, -0.15) is 0 Å². The Morgan fingerprint density at radius 1 is 1.09 bits per heavy atom. The lowest BCUT2D eigenvalue weighted by Crippen LogP contribution is -2.29. The first kappa shape index (κ1) is 24.0. The van der Waals surface area contributed by atoms with Crippen molar-refractivity contribution in [3.05, 3.63) is 81.7 Å². The SMILES string of the molecule is CCCCOc1ccc(C(=O)Nc2sc3c(c2C(=O)OC)CCN(Cc2ccccc2)C3)cc1. The van der Waals surface area contributed by atoms with Crippen LogP contribution in [0.3, 0.4) is 0 Å². The molecular weight excluding hydrogens is 448 g/mol. The molecule has 1 aliphatic heterocycles. The van der Waals surface area contributed by atoms with E-state index >= 15 is 0 Å². The molecule has 178 valence electrons. The highest BCUT2D eigenvalue weighted by molar-refractivity contribution is 7.17. The average molecular weight is 479 g/mol. The van der Waals surface area contributed by atoms with Gasteiger partial charge in [0, 0.05) is 30.1 Å². The quantitative estimate of drug-likeness (QED) is 0.324. The van der Waals surface area contributed by atoms with Crippen molar-refractivity contribution in [1.82, 2.24) is 4.90 Å². The fourth-order valence-electron chi connectivity index (χ4n) is 4.05. The van der Waals surface area contributed by atoms with E-state index in [4.69, 9.17) is 9.47 Å². The number of rotatable bonds is 9. The summed E-state index contributed by atoms with van der Waals surface area (Å²) in [7, 11) is 1.37. The minimum Gasteiger partial charge on any atom is -0.494 e. The standard InChI is InChI=1S/C27H30N2O4S/c1-3-4-16-33-21-12-10-20(11-13-21)25(30)28-26-24(27(31)32-2)22-14-15-29(18-23(22)34-26)17-19-8-6-5-7-9-19/h5-13H,3-4,14-18H2,1-2H3,(H,28,30). The molecule has 0 saturated heterocycles. The number of anilines is 1. The van der Waals surface area contributed by atoms with Crippen LogP contribution in [0.25, 0.3) is 0 Å². The molecule has 0 bridgehead atoms. The summed E-state index contributed by atoms with van der Waals surface area (Å²) in [5.41, 5.74) is 3.23. The number of fused-ring (bicyclic) bond motifs is 1. The molecule has 7 heteroatoms. The zero-order chi connectivity index (χ0) is 23.9. The van der Waals surface area contributed by atoms with Crippen molar-refractivity contribution in [2.24, 2.45) is 0 Å². The van der Waals surface area contributed by atoms with Crippen molar-refractivity contribution < 1.29 is 19.1 Å². The molecule has 2 aromatic carbocycles. The first-order valence-corrected chi connectivity index (χ1v) is 12.4. The number of thiophene rings is 1. The lowest BCUT2D eigenvalue weighted by molar-refractivity contribution is 0.0600. The summed E-state index contributed by atoms with van der Waals surface area (Å²) in [6, 6.07) is 17.4. The van der Waals surface area contributed by atoms with Gasteiger partial charge in [-0.25, -0.2) is 4.79 Å². The number of methoxy groups -OCH3 is 1. The number of carbonyl (C=O) groups excluding carboxylic acids is 2. The number of amides is 1. The van der Waals surface area contributed by atoms with Crippen LogP contribution >= 0.6 is 11.3 Å². The molecule has 3 aromatic rings. The number of nitrogens with one attached hydrogen (secondary N) is 1. The Labute approximate surface area is 204 Å². The van der Waals surface area contributed by atoms with Crippen LogP contribution in [0.5, 0.6) is 5.75 Å². The third-order valence-electron chi connectivity index (χ3n) is 5.88. The summed E-state index contributed by atoms with van der Waals surface area (Å²) in [5.74, 6) is 0.0688. The molecule has 6 nitrogen and oxygen atoms in total.